The summed E-state index contributed by atoms with van der Waals surface area (Å²) in [6.45, 7) is 2.71. The number of ether oxygens (including phenoxy) is 1. The SMILES string of the molecule is O=C(CN1CCOC[C@H](O)C1)NCCc1ccc(F)cc1. The average Bonchev–Trinajstić information content (AvgIpc) is 2.65. The van der Waals surface area contributed by atoms with E-state index in [0.29, 0.717) is 39.3 Å². The lowest BCUT2D eigenvalue weighted by molar-refractivity contribution is -0.122. The van der Waals surface area contributed by atoms with Gasteiger partial charge in [0.1, 0.15) is 5.82 Å². The number of hydrogen-bond acceptors (Lipinski definition) is 4. The standard InChI is InChI=1S/C15H21FN2O3/c16-13-3-1-12(2-4-13)5-6-17-15(20)10-18-7-8-21-11-14(19)9-18/h1-4,14,19H,5-11H2,(H,17,20)/t14-/m1/s1. The Bertz CT molecular complexity index is 453. The molecular formula is C15H21FN2O3. The van der Waals surface area contributed by atoms with E-state index >= 15 is 0 Å². The number of hydrogen-bond donors (Lipinski definition) is 2. The van der Waals surface area contributed by atoms with Gasteiger partial charge in [-0.05, 0) is 24.1 Å². The number of aliphatic hydroxyl groups excluding tert-OH is 1. The van der Waals surface area contributed by atoms with Gasteiger partial charge in [0.2, 0.25) is 5.91 Å². The number of carbonyl (C=O) groups excluding carboxylic acids is 1. The Balaban J connectivity index is 1.68. The Hall–Kier alpha value is -1.50. The molecule has 1 aliphatic rings. The van der Waals surface area contributed by atoms with Crippen LogP contribution in [-0.4, -0.2) is 61.4 Å². The molecule has 21 heavy (non-hydrogen) atoms. The molecule has 1 heterocycles. The molecule has 1 aromatic carbocycles. The van der Waals surface area contributed by atoms with Crippen molar-refractivity contribution in [2.75, 3.05) is 39.4 Å². The van der Waals surface area contributed by atoms with Crippen LogP contribution in [0.15, 0.2) is 24.3 Å². The van der Waals surface area contributed by atoms with Crippen molar-refractivity contribution in [3.8, 4) is 0 Å². The van der Waals surface area contributed by atoms with Crippen LogP contribution in [0.1, 0.15) is 5.56 Å². The first kappa shape index (κ1) is 15.9. The number of carbonyl (C=O) groups is 1. The maximum absolute atomic E-state index is 12.8. The van der Waals surface area contributed by atoms with Crippen LogP contribution in [0.3, 0.4) is 0 Å². The van der Waals surface area contributed by atoms with Gasteiger partial charge in [0.25, 0.3) is 0 Å². The summed E-state index contributed by atoms with van der Waals surface area (Å²) in [6, 6.07) is 6.25. The molecule has 1 atom stereocenters. The van der Waals surface area contributed by atoms with Gasteiger partial charge >= 0.3 is 0 Å². The van der Waals surface area contributed by atoms with Crippen LogP contribution >= 0.6 is 0 Å². The van der Waals surface area contributed by atoms with E-state index in [2.05, 4.69) is 5.32 Å². The minimum absolute atomic E-state index is 0.0776. The summed E-state index contributed by atoms with van der Waals surface area (Å²) in [5.41, 5.74) is 0.982. The average molecular weight is 296 g/mol. The van der Waals surface area contributed by atoms with Crippen LogP contribution in [0.25, 0.3) is 0 Å². The highest BCUT2D eigenvalue weighted by atomic mass is 19.1. The predicted octanol–water partition coefficient (Wildman–Crippen LogP) is 0.178. The zero-order valence-corrected chi connectivity index (χ0v) is 11.9. The normalized spacial score (nSPS) is 20.0. The summed E-state index contributed by atoms with van der Waals surface area (Å²) in [6.07, 6.45) is 0.122. The molecule has 0 aromatic heterocycles. The molecule has 2 rings (SSSR count). The number of nitrogens with zero attached hydrogens (tertiary/aromatic N) is 1. The van der Waals surface area contributed by atoms with Crippen molar-refractivity contribution in [2.45, 2.75) is 12.5 Å². The van der Waals surface area contributed by atoms with Gasteiger partial charge in [0.05, 0.1) is 25.9 Å². The quantitative estimate of drug-likeness (QED) is 0.813. The zero-order chi connectivity index (χ0) is 15.1. The van der Waals surface area contributed by atoms with Crippen LogP contribution in [0.2, 0.25) is 0 Å². The van der Waals surface area contributed by atoms with Crippen molar-refractivity contribution < 1.29 is 19.0 Å². The highest BCUT2D eigenvalue weighted by molar-refractivity contribution is 5.78. The fraction of sp³-hybridized carbons (Fsp3) is 0.533. The second-order valence-electron chi connectivity index (χ2n) is 5.19. The van der Waals surface area contributed by atoms with Crippen molar-refractivity contribution in [3.63, 3.8) is 0 Å². The number of rotatable bonds is 5. The topological polar surface area (TPSA) is 61.8 Å². The van der Waals surface area contributed by atoms with E-state index in [1.165, 1.54) is 12.1 Å². The summed E-state index contributed by atoms with van der Waals surface area (Å²) < 4.78 is 18.0. The molecule has 1 aliphatic heterocycles. The number of benzene rings is 1. The Kier molecular flexibility index (Phi) is 6.10. The van der Waals surface area contributed by atoms with E-state index in [1.807, 2.05) is 4.90 Å². The molecule has 1 fully saturated rings. The Labute approximate surface area is 123 Å². The van der Waals surface area contributed by atoms with Gasteiger partial charge in [-0.25, -0.2) is 4.39 Å². The molecule has 0 unspecified atom stereocenters. The Morgan fingerprint density at radius 1 is 1.43 bits per heavy atom. The maximum atomic E-state index is 12.8. The molecule has 6 heteroatoms. The minimum Gasteiger partial charge on any atom is -0.389 e. The minimum atomic E-state index is -0.542. The lowest BCUT2D eigenvalue weighted by atomic mass is 10.1. The summed E-state index contributed by atoms with van der Waals surface area (Å²) >= 11 is 0. The fourth-order valence-corrected chi connectivity index (χ4v) is 2.25. The Morgan fingerprint density at radius 2 is 2.19 bits per heavy atom. The maximum Gasteiger partial charge on any atom is 0.234 e. The van der Waals surface area contributed by atoms with Gasteiger partial charge in [-0.3, -0.25) is 9.69 Å². The van der Waals surface area contributed by atoms with Crippen molar-refractivity contribution in [3.05, 3.63) is 35.6 Å². The van der Waals surface area contributed by atoms with Gasteiger partial charge in [0.15, 0.2) is 0 Å². The predicted molar refractivity (Wildman–Crippen MR) is 76.4 cm³/mol. The number of halogens is 1. The van der Waals surface area contributed by atoms with E-state index in [1.54, 1.807) is 12.1 Å². The molecule has 0 bridgehead atoms. The van der Waals surface area contributed by atoms with Crippen LogP contribution < -0.4 is 5.32 Å². The van der Waals surface area contributed by atoms with E-state index in [-0.39, 0.29) is 18.3 Å². The van der Waals surface area contributed by atoms with Gasteiger partial charge < -0.3 is 15.2 Å². The van der Waals surface area contributed by atoms with Crippen molar-refractivity contribution >= 4 is 5.91 Å². The highest BCUT2D eigenvalue weighted by Crippen LogP contribution is 2.03. The largest absolute Gasteiger partial charge is 0.389 e. The lowest BCUT2D eigenvalue weighted by Gasteiger charge is -2.20. The molecule has 0 radical (unpaired) electrons. The summed E-state index contributed by atoms with van der Waals surface area (Å²) in [5.74, 6) is -0.337. The second kappa shape index (κ2) is 8.07. The van der Waals surface area contributed by atoms with Gasteiger partial charge in [0, 0.05) is 19.6 Å². The monoisotopic (exact) mass is 296 g/mol. The molecule has 0 aliphatic carbocycles. The fourth-order valence-electron chi connectivity index (χ4n) is 2.25. The third kappa shape index (κ3) is 5.79. The molecular weight excluding hydrogens is 275 g/mol. The van der Waals surface area contributed by atoms with Crippen LogP contribution in [0, 0.1) is 5.82 Å². The molecule has 1 saturated heterocycles. The first-order chi connectivity index (χ1) is 10.1. The number of amides is 1. The lowest BCUT2D eigenvalue weighted by Crippen LogP contribution is -2.41. The van der Waals surface area contributed by atoms with Crippen molar-refractivity contribution in [2.24, 2.45) is 0 Å². The van der Waals surface area contributed by atoms with Gasteiger partial charge in [-0.2, -0.15) is 0 Å². The van der Waals surface area contributed by atoms with Crippen LogP contribution in [0.4, 0.5) is 4.39 Å². The summed E-state index contributed by atoms with van der Waals surface area (Å²) in [7, 11) is 0. The molecule has 2 N–H and O–H groups in total. The number of aliphatic hydroxyl groups is 1. The zero-order valence-electron chi connectivity index (χ0n) is 11.9. The van der Waals surface area contributed by atoms with Crippen LogP contribution in [-0.2, 0) is 16.0 Å². The van der Waals surface area contributed by atoms with E-state index < -0.39 is 6.10 Å². The third-order valence-electron chi connectivity index (χ3n) is 3.35. The van der Waals surface area contributed by atoms with E-state index in [9.17, 15) is 14.3 Å². The number of nitrogens with one attached hydrogen (secondary N) is 1. The molecule has 116 valence electrons. The van der Waals surface area contributed by atoms with Gasteiger partial charge in [-0.15, -0.1) is 0 Å². The molecule has 0 spiro atoms. The first-order valence-corrected chi connectivity index (χ1v) is 7.13. The third-order valence-corrected chi connectivity index (χ3v) is 3.35. The van der Waals surface area contributed by atoms with Crippen LogP contribution in [0.5, 0.6) is 0 Å². The Morgan fingerprint density at radius 3 is 2.95 bits per heavy atom. The smallest absolute Gasteiger partial charge is 0.234 e. The van der Waals surface area contributed by atoms with Crippen molar-refractivity contribution in [1.82, 2.24) is 10.2 Å². The number of β-amino-alcohol motifs (C(OH)–C–C–N with tert-alkyl or cyclic N) is 1. The highest BCUT2D eigenvalue weighted by Gasteiger charge is 2.18. The van der Waals surface area contributed by atoms with Crippen molar-refractivity contribution in [1.29, 1.82) is 0 Å². The first-order valence-electron chi connectivity index (χ1n) is 7.13. The summed E-state index contributed by atoms with van der Waals surface area (Å²) in [5, 5.41) is 12.4. The molecule has 0 saturated carbocycles. The molecule has 5 nitrogen and oxygen atoms in total. The van der Waals surface area contributed by atoms with E-state index in [4.69, 9.17) is 4.74 Å². The molecule has 1 amide bonds. The molecule has 1 aromatic rings. The van der Waals surface area contributed by atoms with E-state index in [0.717, 1.165) is 5.56 Å². The van der Waals surface area contributed by atoms with Gasteiger partial charge in [-0.1, -0.05) is 12.1 Å². The second-order valence-corrected chi connectivity index (χ2v) is 5.19. The summed E-state index contributed by atoms with van der Waals surface area (Å²) in [4.78, 5) is 13.7.